The van der Waals surface area contributed by atoms with Crippen molar-refractivity contribution in [3.05, 3.63) is 82.3 Å². The number of imidazole rings is 1. The molecule has 0 bridgehead atoms. The van der Waals surface area contributed by atoms with Crippen LogP contribution in [-0.4, -0.2) is 43.7 Å². The number of rotatable bonds is 9. The number of benzene rings is 3. The fourth-order valence-corrected chi connectivity index (χ4v) is 5.56. The molecule has 1 heterocycles. The lowest BCUT2D eigenvalue weighted by Crippen LogP contribution is -2.28. The number of hydrogen-bond donors (Lipinski definition) is 1. The molecule has 1 N–H and O–H groups in total. The van der Waals surface area contributed by atoms with Crippen LogP contribution in [-0.2, 0) is 9.84 Å². The monoisotopic (exact) mass is 508 g/mol. The van der Waals surface area contributed by atoms with Crippen LogP contribution in [0.4, 0.5) is 0 Å². The zero-order valence-electron chi connectivity index (χ0n) is 21.2. The summed E-state index contributed by atoms with van der Waals surface area (Å²) in [6, 6.07) is 18.5. The topological polar surface area (TPSA) is 90.4 Å². The first-order chi connectivity index (χ1) is 17.1. The summed E-state index contributed by atoms with van der Waals surface area (Å²) in [5.74, 6) is 1.14. The zero-order chi connectivity index (χ0) is 26.0. The van der Waals surface area contributed by atoms with Gasteiger partial charge in [-0.15, -0.1) is 0 Å². The van der Waals surface area contributed by atoms with Crippen molar-refractivity contribution in [1.82, 2.24) is 9.55 Å². The molecule has 0 fully saturated rings. The lowest BCUT2D eigenvalue weighted by atomic mass is 9.92. The molecule has 0 unspecified atom stereocenters. The Kier molecular flexibility index (Phi) is 7.26. The van der Waals surface area contributed by atoms with Gasteiger partial charge >= 0.3 is 5.69 Å². The molecule has 0 aliphatic heterocycles. The quantitative estimate of drug-likeness (QED) is 0.337. The first kappa shape index (κ1) is 25.6. The number of ether oxygens (including phenoxy) is 2. The summed E-state index contributed by atoms with van der Waals surface area (Å²) in [6.07, 6.45) is 1.17. The fourth-order valence-electron chi connectivity index (χ4n) is 4.65. The van der Waals surface area contributed by atoms with Crippen molar-refractivity contribution >= 4 is 20.9 Å². The predicted molar refractivity (Wildman–Crippen MR) is 144 cm³/mol. The Morgan fingerprint density at radius 2 is 1.75 bits per heavy atom. The summed E-state index contributed by atoms with van der Waals surface area (Å²) in [5, 5.41) is 0. The predicted octanol–water partition coefficient (Wildman–Crippen LogP) is 5.16. The summed E-state index contributed by atoms with van der Waals surface area (Å²) in [6.45, 7) is 6.58. The summed E-state index contributed by atoms with van der Waals surface area (Å²) in [7, 11) is -1.89. The van der Waals surface area contributed by atoms with E-state index in [9.17, 15) is 13.2 Å². The van der Waals surface area contributed by atoms with Crippen LogP contribution in [0.15, 0.2) is 65.5 Å². The van der Waals surface area contributed by atoms with Crippen molar-refractivity contribution in [2.75, 3.05) is 25.7 Å². The first-order valence-electron chi connectivity index (χ1n) is 11.9. The molecule has 0 aliphatic carbocycles. The minimum atomic E-state index is -3.44. The van der Waals surface area contributed by atoms with Gasteiger partial charge in [0, 0.05) is 6.26 Å². The first-order valence-corrected chi connectivity index (χ1v) is 14.0. The van der Waals surface area contributed by atoms with Crippen LogP contribution < -0.4 is 15.2 Å². The average Bonchev–Trinajstić information content (AvgIpc) is 3.16. The number of aromatic nitrogens is 2. The highest BCUT2D eigenvalue weighted by molar-refractivity contribution is 7.90. The maximum Gasteiger partial charge on any atom is 0.327 e. The van der Waals surface area contributed by atoms with Gasteiger partial charge in [-0.3, -0.25) is 4.57 Å². The van der Waals surface area contributed by atoms with Crippen molar-refractivity contribution in [3.8, 4) is 22.6 Å². The molecule has 0 saturated carbocycles. The van der Waals surface area contributed by atoms with Crippen LogP contribution in [0.3, 0.4) is 0 Å². The summed E-state index contributed by atoms with van der Waals surface area (Å²) >= 11 is 0. The third-order valence-electron chi connectivity index (χ3n) is 6.25. The highest BCUT2D eigenvalue weighted by Crippen LogP contribution is 2.34. The number of fused-ring (bicyclic) bond motifs is 1. The molecule has 0 aliphatic rings. The Morgan fingerprint density at radius 3 is 2.42 bits per heavy atom. The molecule has 190 valence electrons. The number of aromatic amines is 1. The van der Waals surface area contributed by atoms with Crippen LogP contribution in [0, 0.1) is 0 Å². The van der Waals surface area contributed by atoms with Gasteiger partial charge in [0.25, 0.3) is 0 Å². The summed E-state index contributed by atoms with van der Waals surface area (Å²) < 4.78 is 37.5. The van der Waals surface area contributed by atoms with Gasteiger partial charge in [-0.2, -0.15) is 0 Å². The van der Waals surface area contributed by atoms with Crippen molar-refractivity contribution in [3.63, 3.8) is 0 Å². The van der Waals surface area contributed by atoms with E-state index in [0.29, 0.717) is 40.6 Å². The largest absolute Gasteiger partial charge is 0.493 e. The van der Waals surface area contributed by atoms with E-state index in [1.165, 1.54) is 16.4 Å². The van der Waals surface area contributed by atoms with Crippen molar-refractivity contribution < 1.29 is 17.9 Å². The number of methoxy groups -OCH3 is 1. The molecule has 3 aromatic carbocycles. The highest BCUT2D eigenvalue weighted by Gasteiger charge is 2.25. The molecule has 4 aromatic rings. The Labute approximate surface area is 211 Å². The van der Waals surface area contributed by atoms with Crippen LogP contribution in [0.25, 0.3) is 22.2 Å². The molecule has 36 heavy (non-hydrogen) atoms. The molecule has 8 heteroatoms. The number of sulfone groups is 1. The molecular weight excluding hydrogens is 476 g/mol. The van der Waals surface area contributed by atoms with Crippen molar-refractivity contribution in [1.29, 1.82) is 0 Å². The number of H-pyrrole nitrogens is 1. The normalized spacial score (nSPS) is 12.7. The van der Waals surface area contributed by atoms with Gasteiger partial charge in [-0.05, 0) is 59.4 Å². The van der Waals surface area contributed by atoms with Gasteiger partial charge in [0.15, 0.2) is 11.5 Å². The molecule has 1 aromatic heterocycles. The van der Waals surface area contributed by atoms with Crippen LogP contribution in [0.5, 0.6) is 11.5 Å². The second-order valence-corrected chi connectivity index (χ2v) is 11.4. The standard InChI is InChI=1S/C28H32N2O5S/c1-6-35-27-16-20(12-14-26(27)34-4)25(17-36(5,32)33)30-24-13-11-19(15-23(24)29-28(30)31)22-10-8-7-9-21(22)18(2)3/h7-16,18,25H,6,17H2,1-5H3,(H,29,31)/t25-/m0/s1. The van der Waals surface area contributed by atoms with E-state index in [2.05, 4.69) is 31.0 Å². The van der Waals surface area contributed by atoms with Crippen LogP contribution in [0.1, 0.15) is 43.9 Å². The molecule has 0 amide bonds. The fraction of sp³-hybridized carbons (Fsp3) is 0.321. The maximum atomic E-state index is 13.3. The molecular formula is C28H32N2O5S. The van der Waals surface area contributed by atoms with E-state index in [1.54, 1.807) is 25.3 Å². The Morgan fingerprint density at radius 1 is 1.00 bits per heavy atom. The molecule has 0 radical (unpaired) electrons. The van der Waals surface area contributed by atoms with E-state index in [-0.39, 0.29) is 11.4 Å². The second-order valence-electron chi connectivity index (χ2n) is 9.23. The van der Waals surface area contributed by atoms with E-state index in [4.69, 9.17) is 9.47 Å². The van der Waals surface area contributed by atoms with Gasteiger partial charge in [-0.25, -0.2) is 13.2 Å². The minimum Gasteiger partial charge on any atom is -0.493 e. The van der Waals surface area contributed by atoms with Gasteiger partial charge in [0.2, 0.25) is 0 Å². The molecule has 0 saturated heterocycles. The van der Waals surface area contributed by atoms with Crippen molar-refractivity contribution in [2.24, 2.45) is 0 Å². The third kappa shape index (κ3) is 5.18. The van der Waals surface area contributed by atoms with E-state index in [1.807, 2.05) is 37.3 Å². The van der Waals surface area contributed by atoms with E-state index < -0.39 is 15.9 Å². The van der Waals surface area contributed by atoms with Gasteiger partial charge < -0.3 is 14.5 Å². The smallest absolute Gasteiger partial charge is 0.327 e. The number of nitrogens with one attached hydrogen (secondary N) is 1. The van der Waals surface area contributed by atoms with Crippen LogP contribution >= 0.6 is 0 Å². The lowest BCUT2D eigenvalue weighted by Gasteiger charge is -2.20. The Balaban J connectivity index is 1.89. The highest BCUT2D eigenvalue weighted by atomic mass is 32.2. The van der Waals surface area contributed by atoms with E-state index >= 15 is 0 Å². The maximum absolute atomic E-state index is 13.3. The molecule has 1 atom stereocenters. The average molecular weight is 509 g/mol. The molecule has 4 rings (SSSR count). The SMILES string of the molecule is CCOc1cc([C@H](CS(C)(=O)=O)n2c(=O)[nH]c3cc(-c4ccccc4C(C)C)ccc32)ccc1OC. The van der Waals surface area contributed by atoms with E-state index in [0.717, 1.165) is 11.1 Å². The summed E-state index contributed by atoms with van der Waals surface area (Å²) in [4.78, 5) is 16.2. The molecule has 7 nitrogen and oxygen atoms in total. The van der Waals surface area contributed by atoms with Gasteiger partial charge in [-0.1, -0.05) is 50.2 Å². The van der Waals surface area contributed by atoms with Gasteiger partial charge in [0.1, 0.15) is 9.84 Å². The summed E-state index contributed by atoms with van der Waals surface area (Å²) in [5.41, 5.74) is 4.86. The Bertz CT molecular complexity index is 1550. The van der Waals surface area contributed by atoms with Crippen molar-refractivity contribution in [2.45, 2.75) is 32.7 Å². The second kappa shape index (κ2) is 10.2. The Hall–Kier alpha value is -3.52. The lowest BCUT2D eigenvalue weighted by molar-refractivity contribution is 0.310. The third-order valence-corrected chi connectivity index (χ3v) is 7.18. The number of hydrogen-bond acceptors (Lipinski definition) is 5. The minimum absolute atomic E-state index is 0.240. The van der Waals surface area contributed by atoms with Crippen LogP contribution in [0.2, 0.25) is 0 Å². The molecule has 0 spiro atoms. The zero-order valence-corrected chi connectivity index (χ0v) is 22.1. The number of nitrogens with zero attached hydrogens (tertiary/aromatic N) is 1. The van der Waals surface area contributed by atoms with Gasteiger partial charge in [0.05, 0.1) is 36.5 Å².